The molecule has 0 aliphatic heterocycles. The number of nitrogens with one attached hydrogen (secondary N) is 1. The summed E-state index contributed by atoms with van der Waals surface area (Å²) in [6, 6.07) is 23.0. The first-order chi connectivity index (χ1) is 12.0. The Hall–Kier alpha value is -2.35. The van der Waals surface area contributed by atoms with E-state index >= 15 is 0 Å². The Morgan fingerprint density at radius 3 is 1.60 bits per heavy atom. The summed E-state index contributed by atoms with van der Waals surface area (Å²) in [6.07, 6.45) is 2.91. The normalized spacial score (nSPS) is 9.88. The zero-order valence-corrected chi connectivity index (χ0v) is 16.2. The topological polar surface area (TPSA) is 28.7 Å². The Bertz CT molecular complexity index is 641. The van der Waals surface area contributed by atoms with Crippen LogP contribution in [-0.2, 0) is 6.42 Å². The first-order valence-electron chi connectivity index (χ1n) is 9.12. The Balaban J connectivity index is 0.000000188. The van der Waals surface area contributed by atoms with Crippen LogP contribution in [0.3, 0.4) is 0 Å². The highest BCUT2D eigenvalue weighted by atomic mass is 15.1. The van der Waals surface area contributed by atoms with E-state index in [4.69, 9.17) is 0 Å². The number of nitrogens with zero attached hydrogens (tertiary/aromatic N) is 1. The summed E-state index contributed by atoms with van der Waals surface area (Å²) in [4.78, 5) is 0. The minimum Gasteiger partial charge on any atom is -0.282 e. The summed E-state index contributed by atoms with van der Waals surface area (Å²) in [6.45, 7) is 10.8. The molecule has 0 saturated carbocycles. The summed E-state index contributed by atoms with van der Waals surface area (Å²) >= 11 is 0. The molecule has 2 aromatic carbocycles. The number of aromatic nitrogens is 2. The van der Waals surface area contributed by atoms with Crippen molar-refractivity contribution in [2.75, 3.05) is 0 Å². The third kappa shape index (κ3) is 8.90. The van der Waals surface area contributed by atoms with E-state index in [2.05, 4.69) is 93.3 Å². The van der Waals surface area contributed by atoms with Crippen LogP contribution >= 0.6 is 0 Å². The summed E-state index contributed by atoms with van der Waals surface area (Å²) in [5.74, 6) is 1.23. The minimum atomic E-state index is 0.567. The molecular formula is C23H32N2. The van der Waals surface area contributed by atoms with E-state index in [1.54, 1.807) is 6.20 Å². The molecule has 25 heavy (non-hydrogen) atoms. The second-order valence-electron chi connectivity index (χ2n) is 6.57. The lowest BCUT2D eigenvalue weighted by Crippen LogP contribution is -1.85. The van der Waals surface area contributed by atoms with Gasteiger partial charge in [-0.25, -0.2) is 0 Å². The zero-order valence-electron chi connectivity index (χ0n) is 16.2. The van der Waals surface area contributed by atoms with E-state index in [0.29, 0.717) is 11.8 Å². The number of H-pyrrole nitrogens is 1. The third-order valence-corrected chi connectivity index (χ3v) is 3.86. The van der Waals surface area contributed by atoms with Gasteiger partial charge in [0.2, 0.25) is 0 Å². The van der Waals surface area contributed by atoms with Gasteiger partial charge >= 0.3 is 0 Å². The maximum Gasteiger partial charge on any atom is 0.0490 e. The van der Waals surface area contributed by atoms with E-state index in [9.17, 15) is 0 Å². The van der Waals surface area contributed by atoms with Crippen LogP contribution in [0.15, 0.2) is 72.9 Å². The molecule has 1 heterocycles. The van der Waals surface area contributed by atoms with E-state index < -0.39 is 0 Å². The highest BCUT2D eigenvalue weighted by Gasteiger charge is 1.96. The molecule has 134 valence electrons. The number of benzene rings is 2. The molecule has 0 unspecified atom stereocenters. The van der Waals surface area contributed by atoms with E-state index in [-0.39, 0.29) is 0 Å². The van der Waals surface area contributed by atoms with Gasteiger partial charge in [0.05, 0.1) is 0 Å². The van der Waals surface area contributed by atoms with Crippen molar-refractivity contribution in [2.24, 2.45) is 0 Å². The first-order valence-corrected chi connectivity index (χ1v) is 9.12. The molecule has 2 heteroatoms. The summed E-state index contributed by atoms with van der Waals surface area (Å²) < 4.78 is 0. The lowest BCUT2D eigenvalue weighted by molar-refractivity contribution is 0.810. The standard InChI is InChI=1S/C9H12.C8H10.C6H10N2/c1-8(2)9-6-4-3-5-7-9;1-2-8-6-4-3-5-7-8;1-5(2)6-3-4-7-8-6/h3-8H,1-2H3;3-7H,2H2,1H3;3-5H,1-2H3,(H,7,8). The second-order valence-corrected chi connectivity index (χ2v) is 6.57. The lowest BCUT2D eigenvalue weighted by atomic mass is 10.0. The molecule has 2 nitrogen and oxygen atoms in total. The molecule has 0 radical (unpaired) electrons. The van der Waals surface area contributed by atoms with Gasteiger partial charge in [0.15, 0.2) is 0 Å². The van der Waals surface area contributed by atoms with Gasteiger partial charge in [-0.05, 0) is 35.4 Å². The van der Waals surface area contributed by atoms with Crippen LogP contribution in [-0.4, -0.2) is 10.2 Å². The van der Waals surface area contributed by atoms with Gasteiger partial charge in [0, 0.05) is 11.9 Å². The molecule has 0 bridgehead atoms. The molecule has 0 spiro atoms. The summed E-state index contributed by atoms with van der Waals surface area (Å²) in [5.41, 5.74) is 4.02. The Morgan fingerprint density at radius 2 is 1.32 bits per heavy atom. The quantitative estimate of drug-likeness (QED) is 0.574. The van der Waals surface area contributed by atoms with Crippen molar-refractivity contribution in [1.82, 2.24) is 10.2 Å². The molecule has 0 saturated heterocycles. The van der Waals surface area contributed by atoms with Crippen molar-refractivity contribution in [2.45, 2.75) is 52.9 Å². The lowest BCUT2D eigenvalue weighted by Gasteiger charge is -2.01. The van der Waals surface area contributed by atoms with Gasteiger partial charge in [0.25, 0.3) is 0 Å². The molecule has 0 aliphatic carbocycles. The van der Waals surface area contributed by atoms with Gasteiger partial charge in [0.1, 0.15) is 0 Å². The average molecular weight is 337 g/mol. The van der Waals surface area contributed by atoms with Crippen molar-refractivity contribution in [3.05, 3.63) is 89.7 Å². The van der Waals surface area contributed by atoms with Crippen molar-refractivity contribution in [1.29, 1.82) is 0 Å². The molecule has 0 atom stereocenters. The number of rotatable bonds is 3. The fraction of sp³-hybridized carbons (Fsp3) is 0.348. The molecule has 3 aromatic rings. The minimum absolute atomic E-state index is 0.567. The van der Waals surface area contributed by atoms with Crippen LogP contribution in [0.25, 0.3) is 0 Å². The maximum atomic E-state index is 3.82. The predicted octanol–water partition coefficient (Wildman–Crippen LogP) is 6.59. The van der Waals surface area contributed by atoms with Gasteiger partial charge in [-0.1, -0.05) is 95.3 Å². The van der Waals surface area contributed by atoms with Crippen molar-refractivity contribution in [3.8, 4) is 0 Å². The van der Waals surface area contributed by atoms with Crippen LogP contribution in [0.5, 0.6) is 0 Å². The van der Waals surface area contributed by atoms with Crippen molar-refractivity contribution >= 4 is 0 Å². The smallest absolute Gasteiger partial charge is 0.0490 e. The zero-order chi connectivity index (χ0) is 18.5. The summed E-state index contributed by atoms with van der Waals surface area (Å²) in [7, 11) is 0. The van der Waals surface area contributed by atoms with Crippen LogP contribution in [0.1, 0.15) is 63.3 Å². The average Bonchev–Trinajstić information content (AvgIpc) is 3.19. The van der Waals surface area contributed by atoms with Gasteiger partial charge < -0.3 is 0 Å². The Morgan fingerprint density at radius 1 is 0.760 bits per heavy atom. The van der Waals surface area contributed by atoms with E-state index in [1.165, 1.54) is 16.8 Å². The van der Waals surface area contributed by atoms with Crippen LogP contribution in [0.4, 0.5) is 0 Å². The first kappa shape index (κ1) is 20.7. The SMILES string of the molecule is CC(C)c1ccccc1.CC(C)c1ccn[nH]1.CCc1ccccc1. The molecule has 3 rings (SSSR count). The molecule has 1 N–H and O–H groups in total. The number of hydrogen-bond donors (Lipinski definition) is 1. The predicted molar refractivity (Wildman–Crippen MR) is 109 cm³/mol. The van der Waals surface area contributed by atoms with Gasteiger partial charge in [-0.15, -0.1) is 0 Å². The van der Waals surface area contributed by atoms with Crippen molar-refractivity contribution < 1.29 is 0 Å². The van der Waals surface area contributed by atoms with E-state index in [0.717, 1.165) is 6.42 Å². The summed E-state index contributed by atoms with van der Waals surface area (Å²) in [5, 5.41) is 6.70. The van der Waals surface area contributed by atoms with Crippen LogP contribution < -0.4 is 0 Å². The fourth-order valence-electron chi connectivity index (χ4n) is 2.14. The highest BCUT2D eigenvalue weighted by Crippen LogP contribution is 2.11. The van der Waals surface area contributed by atoms with Crippen molar-refractivity contribution in [3.63, 3.8) is 0 Å². The van der Waals surface area contributed by atoms with E-state index in [1.807, 2.05) is 18.2 Å². The molecule has 0 aliphatic rings. The monoisotopic (exact) mass is 336 g/mol. The number of aromatic amines is 1. The van der Waals surface area contributed by atoms with Gasteiger partial charge in [-0.2, -0.15) is 5.10 Å². The molecule has 1 aromatic heterocycles. The molecular weight excluding hydrogens is 304 g/mol. The highest BCUT2D eigenvalue weighted by molar-refractivity contribution is 5.17. The van der Waals surface area contributed by atoms with Crippen LogP contribution in [0.2, 0.25) is 0 Å². The fourth-order valence-corrected chi connectivity index (χ4v) is 2.14. The van der Waals surface area contributed by atoms with Gasteiger partial charge in [-0.3, -0.25) is 5.10 Å². The molecule has 0 fully saturated rings. The van der Waals surface area contributed by atoms with Crippen LogP contribution in [0, 0.1) is 0 Å². The maximum absolute atomic E-state index is 3.82. The molecule has 0 amide bonds. The Labute approximate surface area is 153 Å². The number of hydrogen-bond acceptors (Lipinski definition) is 1. The largest absolute Gasteiger partial charge is 0.282 e. The third-order valence-electron chi connectivity index (χ3n) is 3.86. The second kappa shape index (κ2) is 12.1. The Kier molecular flexibility index (Phi) is 10.00. The number of aryl methyl sites for hydroxylation is 1.